The lowest BCUT2D eigenvalue weighted by molar-refractivity contribution is -0.131. The van der Waals surface area contributed by atoms with Crippen molar-refractivity contribution in [2.75, 3.05) is 13.6 Å². The molecule has 0 aliphatic heterocycles. The quantitative estimate of drug-likeness (QED) is 0.924. The highest BCUT2D eigenvalue weighted by atomic mass is 16.2. The Balaban J connectivity index is 1.96. The standard InChI is InChI=1S/C17H29N3O/c1-11-6-8-15(9-7-11)10-20(5)17(21)12(2)16-13(3)18-19-14(16)4/h11-12,15H,6-10H2,1-5H3,(H,18,19)/t11?,12-,15?/m0/s1. The van der Waals surface area contributed by atoms with E-state index >= 15 is 0 Å². The van der Waals surface area contributed by atoms with Crippen LogP contribution in [0.5, 0.6) is 0 Å². The van der Waals surface area contributed by atoms with Crippen LogP contribution in [0.3, 0.4) is 0 Å². The number of likely N-dealkylation sites (N-methyl/N-ethyl adjacent to an activating group) is 1. The van der Waals surface area contributed by atoms with E-state index < -0.39 is 0 Å². The van der Waals surface area contributed by atoms with E-state index in [9.17, 15) is 4.79 Å². The van der Waals surface area contributed by atoms with E-state index in [2.05, 4.69) is 17.1 Å². The van der Waals surface area contributed by atoms with Gasteiger partial charge in [0.05, 0.1) is 11.6 Å². The number of aromatic amines is 1. The Morgan fingerprint density at radius 1 is 1.33 bits per heavy atom. The van der Waals surface area contributed by atoms with Gasteiger partial charge in [0.25, 0.3) is 0 Å². The number of amides is 1. The maximum absolute atomic E-state index is 12.7. The van der Waals surface area contributed by atoms with Crippen molar-refractivity contribution in [1.29, 1.82) is 0 Å². The molecule has 4 nitrogen and oxygen atoms in total. The molecule has 0 bridgehead atoms. The summed E-state index contributed by atoms with van der Waals surface area (Å²) in [6, 6.07) is 0. The fourth-order valence-electron chi connectivity index (χ4n) is 3.64. The molecule has 1 aromatic rings. The SMILES string of the molecule is Cc1n[nH]c(C)c1[C@H](C)C(=O)N(C)CC1CCC(C)CC1. The smallest absolute Gasteiger partial charge is 0.229 e. The van der Waals surface area contributed by atoms with Gasteiger partial charge in [-0.3, -0.25) is 9.89 Å². The van der Waals surface area contributed by atoms with Crippen molar-refractivity contribution in [3.63, 3.8) is 0 Å². The number of nitrogens with zero attached hydrogens (tertiary/aromatic N) is 2. The molecule has 0 aromatic carbocycles. The van der Waals surface area contributed by atoms with Gasteiger partial charge in [-0.15, -0.1) is 0 Å². The predicted octanol–water partition coefficient (Wildman–Crippen LogP) is 3.41. The van der Waals surface area contributed by atoms with Crippen LogP contribution in [0.2, 0.25) is 0 Å². The monoisotopic (exact) mass is 291 g/mol. The molecule has 1 fully saturated rings. The minimum Gasteiger partial charge on any atom is -0.345 e. The first-order valence-corrected chi connectivity index (χ1v) is 8.16. The summed E-state index contributed by atoms with van der Waals surface area (Å²) in [5.41, 5.74) is 3.01. The van der Waals surface area contributed by atoms with Crippen molar-refractivity contribution in [1.82, 2.24) is 15.1 Å². The summed E-state index contributed by atoms with van der Waals surface area (Å²) < 4.78 is 0. The van der Waals surface area contributed by atoms with Crippen molar-refractivity contribution in [2.45, 2.75) is 59.3 Å². The lowest BCUT2D eigenvalue weighted by Crippen LogP contribution is -2.36. The molecule has 1 heterocycles. The molecule has 0 unspecified atom stereocenters. The van der Waals surface area contributed by atoms with Gasteiger partial charge in [0.15, 0.2) is 0 Å². The molecular weight excluding hydrogens is 262 g/mol. The van der Waals surface area contributed by atoms with Gasteiger partial charge in [0.2, 0.25) is 5.91 Å². The van der Waals surface area contributed by atoms with Crippen molar-refractivity contribution >= 4 is 5.91 Å². The topological polar surface area (TPSA) is 49.0 Å². The Hall–Kier alpha value is -1.32. The number of hydrogen-bond donors (Lipinski definition) is 1. The van der Waals surface area contributed by atoms with E-state index in [1.54, 1.807) is 0 Å². The second-order valence-electron chi connectivity index (χ2n) is 6.91. The number of hydrogen-bond acceptors (Lipinski definition) is 2. The summed E-state index contributed by atoms with van der Waals surface area (Å²) in [5, 5.41) is 7.18. The zero-order valence-corrected chi connectivity index (χ0v) is 14.1. The van der Waals surface area contributed by atoms with Gasteiger partial charge < -0.3 is 4.90 Å². The molecule has 4 heteroatoms. The summed E-state index contributed by atoms with van der Waals surface area (Å²) in [4.78, 5) is 14.6. The van der Waals surface area contributed by atoms with Crippen LogP contribution in [-0.2, 0) is 4.79 Å². The summed E-state index contributed by atoms with van der Waals surface area (Å²) in [5.74, 6) is 1.63. The largest absolute Gasteiger partial charge is 0.345 e. The lowest BCUT2D eigenvalue weighted by atomic mass is 9.82. The molecular formula is C17H29N3O. The Labute approximate surface area is 128 Å². The highest BCUT2D eigenvalue weighted by Gasteiger charge is 2.26. The summed E-state index contributed by atoms with van der Waals surface area (Å²) in [6.07, 6.45) is 5.14. The van der Waals surface area contributed by atoms with Crippen LogP contribution in [-0.4, -0.2) is 34.6 Å². The number of H-pyrrole nitrogens is 1. The van der Waals surface area contributed by atoms with Crippen molar-refractivity contribution in [3.8, 4) is 0 Å². The maximum Gasteiger partial charge on any atom is 0.229 e. The Kier molecular flexibility index (Phi) is 5.07. The molecule has 21 heavy (non-hydrogen) atoms. The molecule has 1 aliphatic rings. The molecule has 0 spiro atoms. The highest BCUT2D eigenvalue weighted by Crippen LogP contribution is 2.29. The number of aromatic nitrogens is 2. The summed E-state index contributed by atoms with van der Waals surface area (Å²) >= 11 is 0. The maximum atomic E-state index is 12.7. The molecule has 1 aliphatic carbocycles. The van der Waals surface area contributed by atoms with Gasteiger partial charge >= 0.3 is 0 Å². The fraction of sp³-hybridized carbons (Fsp3) is 0.765. The minimum absolute atomic E-state index is 0.115. The van der Waals surface area contributed by atoms with E-state index in [4.69, 9.17) is 0 Å². The van der Waals surface area contributed by atoms with E-state index in [0.717, 1.165) is 29.4 Å². The average molecular weight is 291 g/mol. The first kappa shape index (κ1) is 16.1. The van der Waals surface area contributed by atoms with Crippen LogP contribution in [0.25, 0.3) is 0 Å². The first-order valence-electron chi connectivity index (χ1n) is 8.16. The number of aryl methyl sites for hydroxylation is 2. The summed E-state index contributed by atoms with van der Waals surface area (Å²) in [6.45, 7) is 9.17. The predicted molar refractivity (Wildman–Crippen MR) is 85.2 cm³/mol. The van der Waals surface area contributed by atoms with Gasteiger partial charge in [-0.1, -0.05) is 19.8 Å². The molecule has 1 saturated carbocycles. The Morgan fingerprint density at radius 2 is 1.95 bits per heavy atom. The minimum atomic E-state index is -0.115. The van der Waals surface area contributed by atoms with Gasteiger partial charge in [0, 0.05) is 24.8 Å². The Bertz CT molecular complexity index is 467. The van der Waals surface area contributed by atoms with E-state index in [1.807, 2.05) is 32.7 Å². The number of rotatable bonds is 4. The molecule has 1 amide bonds. The van der Waals surface area contributed by atoms with Crippen molar-refractivity contribution < 1.29 is 4.79 Å². The third-order valence-electron chi connectivity index (χ3n) is 5.03. The second kappa shape index (κ2) is 6.63. The molecule has 1 N–H and O–H groups in total. The van der Waals surface area contributed by atoms with Crippen LogP contribution in [0.4, 0.5) is 0 Å². The zero-order valence-electron chi connectivity index (χ0n) is 14.1. The lowest BCUT2D eigenvalue weighted by Gasteiger charge is -2.31. The van der Waals surface area contributed by atoms with Crippen LogP contribution in [0.15, 0.2) is 0 Å². The van der Waals surface area contributed by atoms with Crippen molar-refractivity contribution in [3.05, 3.63) is 17.0 Å². The summed E-state index contributed by atoms with van der Waals surface area (Å²) in [7, 11) is 1.95. The fourth-order valence-corrected chi connectivity index (χ4v) is 3.64. The molecule has 0 radical (unpaired) electrons. The zero-order chi connectivity index (χ0) is 15.6. The van der Waals surface area contributed by atoms with E-state index in [1.165, 1.54) is 25.7 Å². The van der Waals surface area contributed by atoms with E-state index in [-0.39, 0.29) is 11.8 Å². The third-order valence-corrected chi connectivity index (χ3v) is 5.03. The molecule has 0 saturated heterocycles. The van der Waals surface area contributed by atoms with E-state index in [0.29, 0.717) is 5.92 Å². The van der Waals surface area contributed by atoms with Gasteiger partial charge in [-0.05, 0) is 45.4 Å². The van der Waals surface area contributed by atoms with Crippen LogP contribution >= 0.6 is 0 Å². The van der Waals surface area contributed by atoms with Crippen LogP contribution < -0.4 is 0 Å². The number of carbonyl (C=O) groups excluding carboxylic acids is 1. The van der Waals surface area contributed by atoms with Crippen LogP contribution in [0.1, 0.15) is 62.4 Å². The van der Waals surface area contributed by atoms with Crippen LogP contribution in [0, 0.1) is 25.7 Å². The highest BCUT2D eigenvalue weighted by molar-refractivity contribution is 5.83. The average Bonchev–Trinajstić information content (AvgIpc) is 2.79. The second-order valence-corrected chi connectivity index (χ2v) is 6.91. The first-order chi connectivity index (χ1) is 9.90. The Morgan fingerprint density at radius 3 is 2.48 bits per heavy atom. The molecule has 1 atom stereocenters. The molecule has 1 aromatic heterocycles. The number of carbonyl (C=O) groups is 1. The molecule has 2 rings (SSSR count). The van der Waals surface area contributed by atoms with Gasteiger partial charge in [-0.25, -0.2) is 0 Å². The van der Waals surface area contributed by atoms with Crippen molar-refractivity contribution in [2.24, 2.45) is 11.8 Å². The molecule has 118 valence electrons. The van der Waals surface area contributed by atoms with Gasteiger partial charge in [0.1, 0.15) is 0 Å². The third kappa shape index (κ3) is 3.66. The normalized spacial score (nSPS) is 23.9. The van der Waals surface area contributed by atoms with Gasteiger partial charge in [-0.2, -0.15) is 5.10 Å². The number of nitrogens with one attached hydrogen (secondary N) is 1.